The van der Waals surface area contributed by atoms with E-state index in [1.807, 2.05) is 0 Å². The van der Waals surface area contributed by atoms with E-state index in [0.29, 0.717) is 23.7 Å². The maximum absolute atomic E-state index is 12.2. The van der Waals surface area contributed by atoms with Gasteiger partial charge >= 0.3 is 0 Å². The molecule has 0 atom stereocenters. The number of thiophene rings is 1. The molecule has 1 aliphatic heterocycles. The van der Waals surface area contributed by atoms with Gasteiger partial charge in [-0.05, 0) is 35.6 Å². The average Bonchev–Trinajstić information content (AvgIpc) is 3.00. The van der Waals surface area contributed by atoms with E-state index in [0.717, 1.165) is 6.42 Å². The summed E-state index contributed by atoms with van der Waals surface area (Å²) >= 11 is 7.71. The molecule has 0 fully saturated rings. The van der Waals surface area contributed by atoms with Crippen LogP contribution in [0.15, 0.2) is 35.7 Å². The number of carbonyl (C=O) groups is 2. The molecule has 0 aliphatic carbocycles. The van der Waals surface area contributed by atoms with Gasteiger partial charge in [-0.2, -0.15) is 0 Å². The van der Waals surface area contributed by atoms with Crippen LogP contribution in [0.2, 0.25) is 5.02 Å². The summed E-state index contributed by atoms with van der Waals surface area (Å²) in [7, 11) is 0. The van der Waals surface area contributed by atoms with Gasteiger partial charge in [-0.3, -0.25) is 9.59 Å². The molecule has 2 aromatic rings. The Bertz CT molecular complexity index is 714. The topological polar surface area (TPSA) is 49.4 Å². The second-order valence-corrected chi connectivity index (χ2v) is 6.50. The molecule has 1 N–H and O–H groups in total. The van der Waals surface area contributed by atoms with Gasteiger partial charge in [-0.15, -0.1) is 11.3 Å². The van der Waals surface area contributed by atoms with Crippen LogP contribution in [0, 0.1) is 0 Å². The van der Waals surface area contributed by atoms with Crippen molar-refractivity contribution in [1.29, 1.82) is 0 Å². The van der Waals surface area contributed by atoms with Crippen molar-refractivity contribution < 1.29 is 9.59 Å². The Morgan fingerprint density at radius 2 is 2.09 bits per heavy atom. The molecular formula is C16H15ClN2O2S. The number of rotatable bonds is 3. The molecule has 3 rings (SSSR count). The van der Waals surface area contributed by atoms with Crippen LogP contribution >= 0.6 is 22.9 Å². The molecule has 1 aliphatic rings. The van der Waals surface area contributed by atoms with Crippen molar-refractivity contribution in [1.82, 2.24) is 10.2 Å². The number of nitrogens with one attached hydrogen (secondary N) is 1. The summed E-state index contributed by atoms with van der Waals surface area (Å²) in [6.07, 6.45) is 0.886. The van der Waals surface area contributed by atoms with Gasteiger partial charge in [0.2, 0.25) is 5.91 Å². The van der Waals surface area contributed by atoms with E-state index in [-0.39, 0.29) is 18.4 Å². The lowest BCUT2D eigenvalue weighted by Gasteiger charge is -2.27. The van der Waals surface area contributed by atoms with Gasteiger partial charge in [0.1, 0.15) is 0 Å². The molecular weight excluding hydrogens is 320 g/mol. The molecule has 6 heteroatoms. The number of fused-ring (bicyclic) bond motifs is 1. The third kappa shape index (κ3) is 3.15. The second kappa shape index (κ2) is 6.50. The zero-order chi connectivity index (χ0) is 15.5. The predicted octanol–water partition coefficient (Wildman–Crippen LogP) is 2.72. The molecule has 0 bridgehead atoms. The molecule has 0 radical (unpaired) electrons. The summed E-state index contributed by atoms with van der Waals surface area (Å²) in [6.45, 7) is 1.32. The summed E-state index contributed by atoms with van der Waals surface area (Å²) in [5, 5.41) is 5.08. The van der Waals surface area contributed by atoms with E-state index in [2.05, 4.69) is 16.8 Å². The molecule has 114 valence electrons. The highest BCUT2D eigenvalue weighted by Crippen LogP contribution is 2.23. The van der Waals surface area contributed by atoms with E-state index >= 15 is 0 Å². The van der Waals surface area contributed by atoms with Crippen molar-refractivity contribution in [3.8, 4) is 0 Å². The Morgan fingerprint density at radius 3 is 2.91 bits per heavy atom. The molecule has 0 saturated carbocycles. The number of carbonyl (C=O) groups excluding carboxylic acids is 2. The molecule has 4 nitrogen and oxygen atoms in total. The Hall–Kier alpha value is -1.85. The number of benzene rings is 1. The summed E-state index contributed by atoms with van der Waals surface area (Å²) < 4.78 is 0. The summed E-state index contributed by atoms with van der Waals surface area (Å²) in [5.74, 6) is -0.399. The Morgan fingerprint density at radius 1 is 1.27 bits per heavy atom. The number of hydrogen-bond donors (Lipinski definition) is 1. The Balaban J connectivity index is 1.57. The summed E-state index contributed by atoms with van der Waals surface area (Å²) in [4.78, 5) is 27.4. The molecule has 2 heterocycles. The highest BCUT2D eigenvalue weighted by atomic mass is 35.5. The molecule has 1 aromatic carbocycles. The van der Waals surface area contributed by atoms with Crippen molar-refractivity contribution in [2.45, 2.75) is 13.0 Å². The largest absolute Gasteiger partial charge is 0.343 e. The SMILES string of the molecule is O=C(NCC(=O)N1CCc2sccc2C1)c1ccccc1Cl. The van der Waals surface area contributed by atoms with Crippen LogP contribution in [0.3, 0.4) is 0 Å². The van der Waals surface area contributed by atoms with Crippen molar-refractivity contribution >= 4 is 34.8 Å². The first-order valence-electron chi connectivity index (χ1n) is 7.01. The maximum atomic E-state index is 12.2. The highest BCUT2D eigenvalue weighted by Gasteiger charge is 2.22. The van der Waals surface area contributed by atoms with Crippen LogP contribution in [0.1, 0.15) is 20.8 Å². The smallest absolute Gasteiger partial charge is 0.253 e. The van der Waals surface area contributed by atoms with E-state index in [1.165, 1.54) is 10.4 Å². The number of halogens is 1. The lowest BCUT2D eigenvalue weighted by atomic mass is 10.1. The highest BCUT2D eigenvalue weighted by molar-refractivity contribution is 7.10. The van der Waals surface area contributed by atoms with Crippen molar-refractivity contribution in [3.05, 3.63) is 56.7 Å². The monoisotopic (exact) mass is 334 g/mol. The molecule has 22 heavy (non-hydrogen) atoms. The lowest BCUT2D eigenvalue weighted by molar-refractivity contribution is -0.131. The predicted molar refractivity (Wildman–Crippen MR) is 87.2 cm³/mol. The van der Waals surface area contributed by atoms with Gasteiger partial charge in [0, 0.05) is 18.0 Å². The first-order chi connectivity index (χ1) is 10.6. The zero-order valence-corrected chi connectivity index (χ0v) is 13.4. The van der Waals surface area contributed by atoms with Crippen LogP contribution in [0.25, 0.3) is 0 Å². The lowest BCUT2D eigenvalue weighted by Crippen LogP contribution is -2.42. The van der Waals surface area contributed by atoms with Crippen molar-refractivity contribution in [3.63, 3.8) is 0 Å². The van der Waals surface area contributed by atoms with Gasteiger partial charge in [0.25, 0.3) is 5.91 Å². The fourth-order valence-electron chi connectivity index (χ4n) is 2.47. The number of hydrogen-bond acceptors (Lipinski definition) is 3. The standard InChI is InChI=1S/C16H15ClN2O2S/c17-13-4-2-1-3-12(13)16(21)18-9-15(20)19-7-5-14-11(10-19)6-8-22-14/h1-4,6,8H,5,7,9-10H2,(H,18,21). The molecule has 1 aromatic heterocycles. The second-order valence-electron chi connectivity index (χ2n) is 5.10. The fourth-order valence-corrected chi connectivity index (χ4v) is 3.58. The third-order valence-corrected chi connectivity index (χ3v) is 5.03. The number of nitrogens with zero attached hydrogens (tertiary/aromatic N) is 1. The fraction of sp³-hybridized carbons (Fsp3) is 0.250. The zero-order valence-electron chi connectivity index (χ0n) is 11.8. The minimum Gasteiger partial charge on any atom is -0.343 e. The van der Waals surface area contributed by atoms with Crippen molar-refractivity contribution in [2.75, 3.05) is 13.1 Å². The molecule has 2 amide bonds. The van der Waals surface area contributed by atoms with E-state index in [4.69, 9.17) is 11.6 Å². The van der Waals surface area contributed by atoms with E-state index < -0.39 is 0 Å². The summed E-state index contributed by atoms with van der Waals surface area (Å²) in [5.41, 5.74) is 1.60. The first kappa shape index (κ1) is 15.1. The summed E-state index contributed by atoms with van der Waals surface area (Å²) in [6, 6.07) is 8.85. The first-order valence-corrected chi connectivity index (χ1v) is 8.26. The minimum atomic E-state index is -0.327. The van der Waals surface area contributed by atoms with Crippen LogP contribution < -0.4 is 5.32 Å². The van der Waals surface area contributed by atoms with Crippen molar-refractivity contribution in [2.24, 2.45) is 0 Å². The number of amides is 2. The Kier molecular flexibility index (Phi) is 4.45. The molecule has 0 saturated heterocycles. The van der Waals surface area contributed by atoms with E-state index in [1.54, 1.807) is 40.5 Å². The van der Waals surface area contributed by atoms with Crippen LogP contribution in [0.4, 0.5) is 0 Å². The third-order valence-electron chi connectivity index (χ3n) is 3.68. The van der Waals surface area contributed by atoms with Crippen LogP contribution in [-0.2, 0) is 17.8 Å². The van der Waals surface area contributed by atoms with Gasteiger partial charge < -0.3 is 10.2 Å². The van der Waals surface area contributed by atoms with Crippen LogP contribution in [0.5, 0.6) is 0 Å². The van der Waals surface area contributed by atoms with Crippen LogP contribution in [-0.4, -0.2) is 29.8 Å². The molecule has 0 spiro atoms. The maximum Gasteiger partial charge on any atom is 0.253 e. The van der Waals surface area contributed by atoms with Gasteiger partial charge in [-0.25, -0.2) is 0 Å². The minimum absolute atomic E-state index is 0.0104. The van der Waals surface area contributed by atoms with E-state index in [9.17, 15) is 9.59 Å². The Labute approximate surface area is 137 Å². The average molecular weight is 335 g/mol. The van der Waals surface area contributed by atoms with Gasteiger partial charge in [-0.1, -0.05) is 23.7 Å². The van der Waals surface area contributed by atoms with Gasteiger partial charge in [0.05, 0.1) is 17.1 Å². The van der Waals surface area contributed by atoms with Gasteiger partial charge in [0.15, 0.2) is 0 Å². The molecule has 0 unspecified atom stereocenters. The normalized spacial score (nSPS) is 13.6. The quantitative estimate of drug-likeness (QED) is 0.938.